The van der Waals surface area contributed by atoms with E-state index in [1.165, 1.54) is 12.1 Å². The van der Waals surface area contributed by atoms with Gasteiger partial charge in [0.25, 0.3) is 0 Å². The lowest BCUT2D eigenvalue weighted by Gasteiger charge is -2.38. The van der Waals surface area contributed by atoms with Gasteiger partial charge in [-0.3, -0.25) is 0 Å². The molecule has 2 unspecified atom stereocenters. The fraction of sp³-hybridized carbons (Fsp3) is 0.438. The van der Waals surface area contributed by atoms with Gasteiger partial charge in [-0.25, -0.2) is 9.18 Å². The first-order chi connectivity index (χ1) is 9.47. The van der Waals surface area contributed by atoms with Crippen molar-refractivity contribution in [1.29, 1.82) is 0 Å². The van der Waals surface area contributed by atoms with Gasteiger partial charge in [-0.1, -0.05) is 13.0 Å². The van der Waals surface area contributed by atoms with Crippen LogP contribution in [0.5, 0.6) is 0 Å². The first kappa shape index (κ1) is 14.6. The number of halogens is 1. The molecule has 0 aliphatic carbocycles. The number of carboxylic acid groups (broad SMARTS) is 1. The number of hydrogen-bond donors (Lipinski definition) is 1. The number of rotatable bonds is 3. The Bertz CT molecular complexity index is 527. The van der Waals surface area contributed by atoms with Gasteiger partial charge in [0.15, 0.2) is 0 Å². The Kier molecular flexibility index (Phi) is 4.42. The Morgan fingerprint density at radius 1 is 1.45 bits per heavy atom. The highest BCUT2D eigenvalue weighted by molar-refractivity contribution is 5.85. The smallest absolute Gasteiger partial charge is 0.328 e. The summed E-state index contributed by atoms with van der Waals surface area (Å²) in [5.41, 5.74) is 1.17. The molecule has 0 amide bonds. The van der Waals surface area contributed by atoms with Crippen LogP contribution >= 0.6 is 0 Å². The van der Waals surface area contributed by atoms with E-state index in [9.17, 15) is 9.18 Å². The number of benzene rings is 1. The van der Waals surface area contributed by atoms with Crippen molar-refractivity contribution in [2.75, 3.05) is 11.4 Å². The monoisotopic (exact) mass is 277 g/mol. The maximum Gasteiger partial charge on any atom is 0.328 e. The van der Waals surface area contributed by atoms with Crippen LogP contribution in [0, 0.1) is 11.7 Å². The first-order valence-corrected chi connectivity index (χ1v) is 6.94. The van der Waals surface area contributed by atoms with Crippen LogP contribution < -0.4 is 4.90 Å². The largest absolute Gasteiger partial charge is 0.478 e. The molecule has 0 aromatic heterocycles. The van der Waals surface area contributed by atoms with E-state index in [0.717, 1.165) is 25.5 Å². The molecule has 108 valence electrons. The average molecular weight is 277 g/mol. The van der Waals surface area contributed by atoms with Crippen molar-refractivity contribution in [2.45, 2.75) is 32.7 Å². The van der Waals surface area contributed by atoms with Gasteiger partial charge in [-0.05, 0) is 49.5 Å². The molecule has 3 nitrogen and oxygen atoms in total. The van der Waals surface area contributed by atoms with E-state index >= 15 is 0 Å². The number of carbonyl (C=O) groups is 1. The summed E-state index contributed by atoms with van der Waals surface area (Å²) in [6, 6.07) is 5.21. The van der Waals surface area contributed by atoms with Crippen molar-refractivity contribution in [1.82, 2.24) is 0 Å². The van der Waals surface area contributed by atoms with Crippen molar-refractivity contribution in [3.63, 3.8) is 0 Å². The van der Waals surface area contributed by atoms with Gasteiger partial charge in [0.1, 0.15) is 5.82 Å². The highest BCUT2D eigenvalue weighted by atomic mass is 19.1. The van der Waals surface area contributed by atoms with E-state index < -0.39 is 5.97 Å². The molecule has 0 spiro atoms. The standard InChI is InChI=1S/C16H20FNO2/c1-11-7-8-18(12(2)9-11)15-5-3-13(10-14(15)17)4-6-16(19)20/h3-6,10-12H,7-9H2,1-2H3,(H,19,20). The molecule has 0 bridgehead atoms. The van der Waals surface area contributed by atoms with Crippen LogP contribution in [0.25, 0.3) is 6.08 Å². The molecule has 1 heterocycles. The van der Waals surface area contributed by atoms with Crippen LogP contribution in [0.15, 0.2) is 24.3 Å². The molecule has 0 saturated carbocycles. The number of aliphatic carboxylic acids is 1. The second-order valence-electron chi connectivity index (χ2n) is 5.55. The molecule has 4 heteroatoms. The third-order valence-corrected chi connectivity index (χ3v) is 3.84. The molecule has 1 aliphatic heterocycles. The predicted octanol–water partition coefficient (Wildman–Crippen LogP) is 3.55. The summed E-state index contributed by atoms with van der Waals surface area (Å²) in [4.78, 5) is 12.6. The zero-order valence-corrected chi connectivity index (χ0v) is 11.8. The topological polar surface area (TPSA) is 40.5 Å². The van der Waals surface area contributed by atoms with Gasteiger partial charge in [-0.15, -0.1) is 0 Å². The van der Waals surface area contributed by atoms with Crippen molar-refractivity contribution >= 4 is 17.7 Å². The van der Waals surface area contributed by atoms with Crippen LogP contribution in [0.1, 0.15) is 32.3 Å². The maximum absolute atomic E-state index is 14.2. The minimum atomic E-state index is -1.03. The van der Waals surface area contributed by atoms with Crippen LogP contribution in [0.3, 0.4) is 0 Å². The van der Waals surface area contributed by atoms with Gasteiger partial charge in [0, 0.05) is 18.7 Å². The second kappa shape index (κ2) is 6.07. The second-order valence-corrected chi connectivity index (χ2v) is 5.55. The van der Waals surface area contributed by atoms with Gasteiger partial charge in [0.2, 0.25) is 0 Å². The van der Waals surface area contributed by atoms with Crippen molar-refractivity contribution < 1.29 is 14.3 Å². The van der Waals surface area contributed by atoms with Gasteiger partial charge in [0.05, 0.1) is 5.69 Å². The number of nitrogens with zero attached hydrogens (tertiary/aromatic N) is 1. The van der Waals surface area contributed by atoms with E-state index in [4.69, 9.17) is 5.11 Å². The first-order valence-electron chi connectivity index (χ1n) is 6.94. The van der Waals surface area contributed by atoms with Gasteiger partial charge in [-0.2, -0.15) is 0 Å². The van der Waals surface area contributed by atoms with Crippen molar-refractivity contribution in [3.8, 4) is 0 Å². The zero-order valence-electron chi connectivity index (χ0n) is 11.8. The van der Waals surface area contributed by atoms with Crippen LogP contribution in [-0.2, 0) is 4.79 Å². The Morgan fingerprint density at radius 3 is 2.80 bits per heavy atom. The third-order valence-electron chi connectivity index (χ3n) is 3.84. The summed E-state index contributed by atoms with van der Waals surface area (Å²) in [7, 11) is 0. The minimum Gasteiger partial charge on any atom is -0.478 e. The summed E-state index contributed by atoms with van der Waals surface area (Å²) >= 11 is 0. The van der Waals surface area contributed by atoms with Crippen molar-refractivity contribution in [2.24, 2.45) is 5.92 Å². The molecule has 1 saturated heterocycles. The molecule has 1 N–H and O–H groups in total. The quantitative estimate of drug-likeness (QED) is 0.859. The predicted molar refractivity (Wildman–Crippen MR) is 78.3 cm³/mol. The lowest BCUT2D eigenvalue weighted by Crippen LogP contribution is -2.40. The summed E-state index contributed by atoms with van der Waals surface area (Å²) in [5, 5.41) is 8.57. The van der Waals surface area contributed by atoms with Crippen LogP contribution in [-0.4, -0.2) is 23.7 Å². The van der Waals surface area contributed by atoms with Crippen molar-refractivity contribution in [3.05, 3.63) is 35.7 Å². The highest BCUT2D eigenvalue weighted by Crippen LogP contribution is 2.30. The number of hydrogen-bond acceptors (Lipinski definition) is 2. The number of piperidine rings is 1. The average Bonchev–Trinajstić information content (AvgIpc) is 2.37. The van der Waals surface area contributed by atoms with E-state index in [0.29, 0.717) is 23.2 Å². The molecule has 20 heavy (non-hydrogen) atoms. The molecular formula is C16H20FNO2. The number of anilines is 1. The van der Waals surface area contributed by atoms with Crippen LogP contribution in [0.4, 0.5) is 10.1 Å². The summed E-state index contributed by atoms with van der Waals surface area (Å²) in [6.45, 7) is 5.21. The highest BCUT2D eigenvalue weighted by Gasteiger charge is 2.24. The molecule has 1 aromatic rings. The fourth-order valence-corrected chi connectivity index (χ4v) is 2.79. The summed E-state index contributed by atoms with van der Waals surface area (Å²) < 4.78 is 14.2. The lowest BCUT2D eigenvalue weighted by molar-refractivity contribution is -0.131. The molecule has 2 rings (SSSR count). The zero-order chi connectivity index (χ0) is 14.7. The van der Waals surface area contributed by atoms with Gasteiger partial charge < -0.3 is 10.0 Å². The van der Waals surface area contributed by atoms with E-state index in [2.05, 4.69) is 18.7 Å². The Hall–Kier alpha value is -1.84. The van der Waals surface area contributed by atoms with Crippen LogP contribution in [0.2, 0.25) is 0 Å². The molecular weight excluding hydrogens is 257 g/mol. The Morgan fingerprint density at radius 2 is 2.20 bits per heavy atom. The molecule has 1 aliphatic rings. The molecule has 2 atom stereocenters. The minimum absolute atomic E-state index is 0.293. The summed E-state index contributed by atoms with van der Waals surface area (Å²) in [5.74, 6) is -0.644. The van der Waals surface area contributed by atoms with E-state index in [-0.39, 0.29) is 5.82 Å². The molecule has 1 fully saturated rings. The lowest BCUT2D eigenvalue weighted by atomic mass is 9.93. The Balaban J connectivity index is 2.19. The SMILES string of the molecule is CC1CCN(c2ccc(C=CC(=O)O)cc2F)C(C)C1. The molecule has 0 radical (unpaired) electrons. The summed E-state index contributed by atoms with van der Waals surface area (Å²) in [6.07, 6.45) is 4.56. The maximum atomic E-state index is 14.2. The number of carboxylic acids is 1. The third kappa shape index (κ3) is 3.38. The fourth-order valence-electron chi connectivity index (χ4n) is 2.79. The Labute approximate surface area is 118 Å². The normalized spacial score (nSPS) is 23.2. The van der Waals surface area contributed by atoms with E-state index in [1.54, 1.807) is 12.1 Å². The molecule has 1 aromatic carbocycles. The van der Waals surface area contributed by atoms with Gasteiger partial charge >= 0.3 is 5.97 Å². The van der Waals surface area contributed by atoms with E-state index in [1.807, 2.05) is 0 Å².